The predicted octanol–water partition coefficient (Wildman–Crippen LogP) is 2.96. The van der Waals surface area contributed by atoms with Gasteiger partial charge >= 0.3 is 0 Å². The average Bonchev–Trinajstić information content (AvgIpc) is 3.17. The lowest BCUT2D eigenvalue weighted by atomic mass is 9.89. The number of amides is 1. The smallest absolute Gasteiger partial charge is 0.226 e. The van der Waals surface area contributed by atoms with Crippen LogP contribution in [0.5, 0.6) is 0 Å². The van der Waals surface area contributed by atoms with Gasteiger partial charge in [-0.05, 0) is 38.8 Å². The van der Waals surface area contributed by atoms with Crippen LogP contribution in [0.3, 0.4) is 0 Å². The third-order valence-electron chi connectivity index (χ3n) is 4.53. The van der Waals surface area contributed by atoms with Gasteiger partial charge in [-0.25, -0.2) is 0 Å². The van der Waals surface area contributed by atoms with Crippen LogP contribution in [0.2, 0.25) is 0 Å². The van der Waals surface area contributed by atoms with Gasteiger partial charge in [-0.15, -0.1) is 11.3 Å². The maximum Gasteiger partial charge on any atom is 0.226 e. The Morgan fingerprint density at radius 1 is 1.40 bits per heavy atom. The molecule has 2 N–H and O–H groups in total. The second-order valence-electron chi connectivity index (χ2n) is 7.36. The first-order valence-corrected chi connectivity index (χ1v) is 9.35. The van der Waals surface area contributed by atoms with Crippen LogP contribution in [0, 0.1) is 11.8 Å². The summed E-state index contributed by atoms with van der Waals surface area (Å²) in [6, 6.07) is 4.02. The molecule has 1 fully saturated rings. The van der Waals surface area contributed by atoms with Gasteiger partial charge in [0.1, 0.15) is 11.4 Å². The summed E-state index contributed by atoms with van der Waals surface area (Å²) in [5, 5.41) is 17.4. The van der Waals surface area contributed by atoms with Crippen molar-refractivity contribution in [2.45, 2.75) is 50.5 Å². The number of aliphatic hydroxyl groups is 1. The fourth-order valence-electron chi connectivity index (χ4n) is 3.25. The van der Waals surface area contributed by atoms with Crippen molar-refractivity contribution in [3.05, 3.63) is 33.1 Å². The third kappa shape index (κ3) is 3.22. The summed E-state index contributed by atoms with van der Waals surface area (Å²) in [6.07, 6.45) is 2.80. The van der Waals surface area contributed by atoms with Gasteiger partial charge in [0.05, 0.1) is 10.6 Å². The molecule has 0 spiro atoms. The first-order valence-electron chi connectivity index (χ1n) is 8.54. The van der Waals surface area contributed by atoms with Crippen molar-refractivity contribution in [1.29, 1.82) is 0 Å². The van der Waals surface area contributed by atoms with Gasteiger partial charge in [0, 0.05) is 35.7 Å². The van der Waals surface area contributed by atoms with E-state index < -0.39 is 5.60 Å². The summed E-state index contributed by atoms with van der Waals surface area (Å²) in [7, 11) is 1.89. The fraction of sp³-hybridized carbons (Fsp3) is 0.474. The Kier molecular flexibility index (Phi) is 3.75. The van der Waals surface area contributed by atoms with E-state index in [4.69, 9.17) is 0 Å². The molecule has 0 bridgehead atoms. The number of carbonyl (C=O) groups is 1. The van der Waals surface area contributed by atoms with E-state index in [9.17, 15) is 9.90 Å². The van der Waals surface area contributed by atoms with E-state index in [0.717, 1.165) is 21.3 Å². The van der Waals surface area contributed by atoms with Gasteiger partial charge in [0.2, 0.25) is 5.91 Å². The number of hydrogen-bond donors (Lipinski definition) is 2. The topological polar surface area (TPSA) is 67.2 Å². The number of anilines is 1. The van der Waals surface area contributed by atoms with Crippen molar-refractivity contribution < 1.29 is 9.90 Å². The number of aromatic nitrogens is 2. The molecule has 0 unspecified atom stereocenters. The van der Waals surface area contributed by atoms with Crippen LogP contribution in [0.4, 0.5) is 5.82 Å². The van der Waals surface area contributed by atoms with Crippen LogP contribution in [0.25, 0.3) is 0 Å². The van der Waals surface area contributed by atoms with Crippen molar-refractivity contribution >= 4 is 23.1 Å². The van der Waals surface area contributed by atoms with Crippen molar-refractivity contribution in [3.63, 3.8) is 0 Å². The third-order valence-corrected chi connectivity index (χ3v) is 5.65. The Bertz CT molecular complexity index is 903. The zero-order chi connectivity index (χ0) is 17.8. The van der Waals surface area contributed by atoms with Gasteiger partial charge in [-0.3, -0.25) is 9.48 Å². The molecule has 1 saturated carbocycles. The van der Waals surface area contributed by atoms with E-state index in [1.807, 2.05) is 13.1 Å². The second-order valence-corrected chi connectivity index (χ2v) is 8.48. The van der Waals surface area contributed by atoms with Gasteiger partial charge in [0.25, 0.3) is 0 Å². The summed E-state index contributed by atoms with van der Waals surface area (Å²) < 4.78 is 1.80. The zero-order valence-corrected chi connectivity index (χ0v) is 15.4. The molecule has 0 radical (unpaired) electrons. The Balaban J connectivity index is 1.73. The highest BCUT2D eigenvalue weighted by atomic mass is 32.1. The molecule has 5 nitrogen and oxygen atoms in total. The van der Waals surface area contributed by atoms with E-state index in [0.29, 0.717) is 12.3 Å². The zero-order valence-electron chi connectivity index (χ0n) is 14.6. The monoisotopic (exact) mass is 355 g/mol. The molecule has 1 amide bonds. The minimum atomic E-state index is -1.01. The average molecular weight is 355 g/mol. The lowest BCUT2D eigenvalue weighted by molar-refractivity contribution is -0.116. The van der Waals surface area contributed by atoms with Crippen molar-refractivity contribution in [3.8, 4) is 11.8 Å². The number of aryl methyl sites for hydroxylation is 1. The van der Waals surface area contributed by atoms with E-state index in [2.05, 4.69) is 28.3 Å². The molecule has 130 valence electrons. The molecular formula is C19H21N3O2S. The Labute approximate surface area is 151 Å². The fourth-order valence-corrected chi connectivity index (χ4v) is 4.22. The van der Waals surface area contributed by atoms with Crippen LogP contribution in [0.1, 0.15) is 66.0 Å². The SMILES string of the molecule is Cn1nc(C2CC2)c2c1NC(=O)C[C@H]2c1ccc(C#CC(C)(C)O)s1. The number of rotatable bonds is 2. The molecule has 2 aliphatic rings. The summed E-state index contributed by atoms with van der Waals surface area (Å²) in [5.74, 6) is 7.31. The minimum absolute atomic E-state index is 0.0281. The molecule has 3 heterocycles. The highest BCUT2D eigenvalue weighted by Crippen LogP contribution is 2.49. The summed E-state index contributed by atoms with van der Waals surface area (Å²) in [4.78, 5) is 14.2. The van der Waals surface area contributed by atoms with Crippen LogP contribution >= 0.6 is 11.3 Å². The van der Waals surface area contributed by atoms with Crippen molar-refractivity contribution in [2.24, 2.45) is 7.05 Å². The Hall–Kier alpha value is -2.10. The highest BCUT2D eigenvalue weighted by molar-refractivity contribution is 7.12. The quantitative estimate of drug-likeness (QED) is 0.814. The number of thiophene rings is 1. The molecule has 0 saturated heterocycles. The second kappa shape index (κ2) is 5.72. The van der Waals surface area contributed by atoms with Crippen LogP contribution < -0.4 is 5.32 Å². The molecule has 0 aromatic carbocycles. The molecular weight excluding hydrogens is 334 g/mol. The lowest BCUT2D eigenvalue weighted by Gasteiger charge is -2.23. The first-order chi connectivity index (χ1) is 11.8. The molecule has 1 atom stereocenters. The summed E-state index contributed by atoms with van der Waals surface area (Å²) >= 11 is 1.59. The highest BCUT2D eigenvalue weighted by Gasteiger charge is 2.38. The largest absolute Gasteiger partial charge is 0.378 e. The lowest BCUT2D eigenvalue weighted by Crippen LogP contribution is -2.24. The van der Waals surface area contributed by atoms with Gasteiger partial charge < -0.3 is 10.4 Å². The minimum Gasteiger partial charge on any atom is -0.378 e. The maximum atomic E-state index is 12.2. The van der Waals surface area contributed by atoms with Gasteiger partial charge in [-0.2, -0.15) is 5.10 Å². The van der Waals surface area contributed by atoms with Gasteiger partial charge in [0.15, 0.2) is 0 Å². The molecule has 4 rings (SSSR count). The molecule has 2 aromatic rings. The first kappa shape index (κ1) is 16.4. The molecule has 1 aliphatic carbocycles. The number of fused-ring (bicyclic) bond motifs is 1. The number of carbonyl (C=O) groups excluding carboxylic acids is 1. The van der Waals surface area contributed by atoms with E-state index in [1.54, 1.807) is 29.9 Å². The summed E-state index contributed by atoms with van der Waals surface area (Å²) in [5.41, 5.74) is 1.30. The number of hydrogen-bond acceptors (Lipinski definition) is 4. The van der Waals surface area contributed by atoms with E-state index in [1.165, 1.54) is 18.4 Å². The van der Waals surface area contributed by atoms with Gasteiger partial charge in [-0.1, -0.05) is 11.8 Å². The van der Waals surface area contributed by atoms with Crippen LogP contribution in [0.15, 0.2) is 12.1 Å². The van der Waals surface area contributed by atoms with Crippen molar-refractivity contribution in [1.82, 2.24) is 9.78 Å². The van der Waals surface area contributed by atoms with E-state index >= 15 is 0 Å². The Morgan fingerprint density at radius 3 is 2.84 bits per heavy atom. The van der Waals surface area contributed by atoms with Crippen LogP contribution in [-0.2, 0) is 11.8 Å². The Morgan fingerprint density at radius 2 is 2.16 bits per heavy atom. The van der Waals surface area contributed by atoms with Crippen LogP contribution in [-0.4, -0.2) is 26.4 Å². The molecule has 1 aliphatic heterocycles. The molecule has 2 aromatic heterocycles. The normalized spacial score (nSPS) is 19.8. The molecule has 6 heteroatoms. The standard InChI is InChI=1S/C19H21N3O2S/c1-19(2,24)9-8-12-6-7-14(25-12)13-10-15(23)20-18-16(13)17(11-4-5-11)21-22(18)3/h6-7,11,13,24H,4-5,10H2,1-3H3,(H,20,23)/t13-/m0/s1. The molecule has 25 heavy (non-hydrogen) atoms. The summed E-state index contributed by atoms with van der Waals surface area (Å²) in [6.45, 7) is 3.34. The number of nitrogens with zero attached hydrogens (tertiary/aromatic N) is 2. The maximum absolute atomic E-state index is 12.2. The van der Waals surface area contributed by atoms with E-state index in [-0.39, 0.29) is 11.8 Å². The van der Waals surface area contributed by atoms with Crippen molar-refractivity contribution in [2.75, 3.05) is 5.32 Å². The predicted molar refractivity (Wildman–Crippen MR) is 97.8 cm³/mol. The number of nitrogens with one attached hydrogen (secondary N) is 1.